The van der Waals surface area contributed by atoms with Crippen LogP contribution in [0.3, 0.4) is 0 Å². The smallest absolute Gasteiger partial charge is 0.229 e. The molecule has 3 heterocycles. The van der Waals surface area contributed by atoms with E-state index in [-0.39, 0.29) is 17.4 Å². The highest BCUT2D eigenvalue weighted by molar-refractivity contribution is 7.10. The summed E-state index contributed by atoms with van der Waals surface area (Å²) >= 11 is 1.37. The van der Waals surface area contributed by atoms with E-state index in [0.29, 0.717) is 25.5 Å². The lowest BCUT2D eigenvalue weighted by atomic mass is 9.85. The van der Waals surface area contributed by atoms with E-state index in [1.165, 1.54) is 23.7 Å². The zero-order valence-corrected chi connectivity index (χ0v) is 18.5. The fourth-order valence-corrected chi connectivity index (χ4v) is 4.56. The van der Waals surface area contributed by atoms with E-state index in [0.717, 1.165) is 27.6 Å². The Bertz CT molecular complexity index is 1120. The summed E-state index contributed by atoms with van der Waals surface area (Å²) in [6.07, 6.45) is 2.16. The van der Waals surface area contributed by atoms with Gasteiger partial charge in [0.2, 0.25) is 5.95 Å². The number of aryl methyl sites for hydroxylation is 2. The van der Waals surface area contributed by atoms with E-state index >= 15 is 0 Å². The summed E-state index contributed by atoms with van der Waals surface area (Å²) in [6, 6.07) is 10.7. The second-order valence-electron chi connectivity index (χ2n) is 8.05. The molecule has 1 fully saturated rings. The highest BCUT2D eigenvalue weighted by Crippen LogP contribution is 2.33. The summed E-state index contributed by atoms with van der Waals surface area (Å²) in [5, 5.41) is 17.1. The Morgan fingerprint density at radius 1 is 1.32 bits per heavy atom. The van der Waals surface area contributed by atoms with E-state index < -0.39 is 0 Å². The van der Waals surface area contributed by atoms with Gasteiger partial charge in [0.25, 0.3) is 0 Å². The molecular formula is C22H24FN7S. The number of benzene rings is 1. The monoisotopic (exact) mass is 437 g/mol. The van der Waals surface area contributed by atoms with Crippen LogP contribution in [0.25, 0.3) is 0 Å². The fourth-order valence-electron chi connectivity index (χ4n) is 3.90. The molecule has 160 valence electrons. The summed E-state index contributed by atoms with van der Waals surface area (Å²) in [6.45, 7) is 7.18. The summed E-state index contributed by atoms with van der Waals surface area (Å²) in [5.41, 5.74) is 2.40. The van der Waals surface area contributed by atoms with Gasteiger partial charge >= 0.3 is 0 Å². The Kier molecular flexibility index (Phi) is 5.85. The van der Waals surface area contributed by atoms with Crippen molar-refractivity contribution in [3.63, 3.8) is 0 Å². The van der Waals surface area contributed by atoms with Gasteiger partial charge in [-0.1, -0.05) is 12.1 Å². The number of nitriles is 1. The quantitative estimate of drug-likeness (QED) is 0.571. The molecule has 1 unspecified atom stereocenters. The maximum Gasteiger partial charge on any atom is 0.229 e. The zero-order chi connectivity index (χ0) is 22.0. The van der Waals surface area contributed by atoms with E-state index in [1.54, 1.807) is 12.3 Å². The highest BCUT2D eigenvalue weighted by atomic mass is 32.1. The Labute approximate surface area is 185 Å². The van der Waals surface area contributed by atoms with Gasteiger partial charge in [-0.2, -0.15) is 14.6 Å². The van der Waals surface area contributed by atoms with Crippen LogP contribution >= 0.6 is 11.5 Å². The van der Waals surface area contributed by atoms with Crippen LogP contribution in [0, 0.1) is 31.0 Å². The van der Waals surface area contributed by atoms with Crippen molar-refractivity contribution in [2.75, 3.05) is 23.3 Å². The first kappa shape index (κ1) is 21.2. The van der Waals surface area contributed by atoms with Gasteiger partial charge in [-0.25, -0.2) is 9.37 Å². The van der Waals surface area contributed by atoms with Crippen LogP contribution in [0.4, 0.5) is 21.2 Å². The molecule has 1 aliphatic heterocycles. The summed E-state index contributed by atoms with van der Waals surface area (Å²) in [7, 11) is 0. The van der Waals surface area contributed by atoms with Crippen molar-refractivity contribution < 1.29 is 4.39 Å². The minimum absolute atomic E-state index is 0.0792. The number of nitrogens with zero attached hydrogens (tertiary/aromatic N) is 5. The second-order valence-corrected chi connectivity index (χ2v) is 8.86. The molecule has 4 rings (SSSR count). The van der Waals surface area contributed by atoms with Gasteiger partial charge in [0.05, 0.1) is 23.7 Å². The number of anilines is 3. The van der Waals surface area contributed by atoms with Crippen LogP contribution in [0.2, 0.25) is 0 Å². The third kappa shape index (κ3) is 4.65. The highest BCUT2D eigenvalue weighted by Gasteiger charge is 2.44. The molecule has 1 aliphatic rings. The molecule has 0 radical (unpaired) electrons. The van der Waals surface area contributed by atoms with Crippen molar-refractivity contribution >= 4 is 28.3 Å². The Hall–Kier alpha value is -3.09. The molecule has 7 nitrogen and oxygen atoms in total. The van der Waals surface area contributed by atoms with E-state index in [1.807, 2.05) is 32.9 Å². The standard InChI is InChI=1S/C22H24FN7S/c1-14-11-25-21(26-19-9-15(2)29-31-19)27-20(14)30-12-22(13-30,7-8-24)28-16(3)17-5-4-6-18(23)10-17/h4-6,9-11,16,28H,7,12-13H2,1-3H3,(H,25,26,27). The number of hydrogen-bond acceptors (Lipinski definition) is 8. The second kappa shape index (κ2) is 8.57. The van der Waals surface area contributed by atoms with Gasteiger partial charge in [-0.05, 0) is 56.1 Å². The van der Waals surface area contributed by atoms with E-state index in [2.05, 4.69) is 31.0 Å². The molecule has 2 aromatic heterocycles. The molecular weight excluding hydrogens is 413 g/mol. The Balaban J connectivity index is 1.48. The minimum atomic E-state index is -0.375. The molecule has 3 aromatic rings. The van der Waals surface area contributed by atoms with Gasteiger partial charge < -0.3 is 15.5 Å². The number of hydrogen-bond donors (Lipinski definition) is 2. The number of aromatic nitrogens is 3. The molecule has 0 amide bonds. The largest absolute Gasteiger partial charge is 0.352 e. The first-order chi connectivity index (χ1) is 14.9. The topological polar surface area (TPSA) is 89.8 Å². The molecule has 9 heteroatoms. The molecule has 1 aromatic carbocycles. The third-order valence-electron chi connectivity index (χ3n) is 5.38. The van der Waals surface area contributed by atoms with Crippen molar-refractivity contribution in [3.8, 4) is 6.07 Å². The summed E-state index contributed by atoms with van der Waals surface area (Å²) in [4.78, 5) is 11.2. The summed E-state index contributed by atoms with van der Waals surface area (Å²) in [5.74, 6) is 1.10. The van der Waals surface area contributed by atoms with Gasteiger partial charge in [0.15, 0.2) is 0 Å². The van der Waals surface area contributed by atoms with Crippen molar-refractivity contribution in [2.24, 2.45) is 0 Å². The van der Waals surface area contributed by atoms with Crippen LogP contribution < -0.4 is 15.5 Å². The maximum atomic E-state index is 13.6. The number of halogens is 1. The zero-order valence-electron chi connectivity index (χ0n) is 17.7. The average Bonchev–Trinajstić information content (AvgIpc) is 3.12. The lowest BCUT2D eigenvalue weighted by Gasteiger charge is -2.51. The SMILES string of the molecule is Cc1cc(Nc2ncc(C)c(N3CC(CC#N)(NC(C)c4cccc(F)c4)C3)n2)sn1. The van der Waals surface area contributed by atoms with Crippen molar-refractivity contribution in [2.45, 2.75) is 38.8 Å². The number of rotatable bonds is 7. The first-order valence-electron chi connectivity index (χ1n) is 10.1. The van der Waals surface area contributed by atoms with Crippen LogP contribution in [0.5, 0.6) is 0 Å². The van der Waals surface area contributed by atoms with Crippen molar-refractivity contribution in [1.82, 2.24) is 19.7 Å². The van der Waals surface area contributed by atoms with Gasteiger partial charge in [-0.15, -0.1) is 0 Å². The Morgan fingerprint density at radius 2 is 2.13 bits per heavy atom. The summed E-state index contributed by atoms with van der Waals surface area (Å²) < 4.78 is 17.9. The molecule has 0 saturated carbocycles. The molecule has 2 N–H and O–H groups in total. The predicted octanol–water partition coefficient (Wildman–Crippen LogP) is 4.26. The van der Waals surface area contributed by atoms with Crippen molar-refractivity contribution in [1.29, 1.82) is 5.26 Å². The average molecular weight is 438 g/mol. The number of nitrogens with one attached hydrogen (secondary N) is 2. The molecule has 0 bridgehead atoms. The minimum Gasteiger partial charge on any atom is -0.352 e. The fraction of sp³-hybridized carbons (Fsp3) is 0.364. The van der Waals surface area contributed by atoms with Crippen LogP contribution in [-0.2, 0) is 0 Å². The van der Waals surface area contributed by atoms with Gasteiger partial charge in [0, 0.05) is 30.9 Å². The third-order valence-corrected chi connectivity index (χ3v) is 6.18. The lowest BCUT2D eigenvalue weighted by Crippen LogP contribution is -2.69. The van der Waals surface area contributed by atoms with Crippen molar-refractivity contribution in [3.05, 3.63) is 59.2 Å². The first-order valence-corrected chi connectivity index (χ1v) is 10.8. The molecule has 1 atom stereocenters. The lowest BCUT2D eigenvalue weighted by molar-refractivity contribution is 0.235. The maximum absolute atomic E-state index is 13.6. The van der Waals surface area contributed by atoms with E-state index in [4.69, 9.17) is 4.98 Å². The molecule has 1 saturated heterocycles. The van der Waals surface area contributed by atoms with Crippen LogP contribution in [0.1, 0.15) is 36.2 Å². The molecule has 0 spiro atoms. The Morgan fingerprint density at radius 3 is 2.81 bits per heavy atom. The van der Waals surface area contributed by atoms with Crippen LogP contribution in [-0.4, -0.2) is 33.0 Å². The predicted molar refractivity (Wildman–Crippen MR) is 120 cm³/mol. The molecule has 0 aliphatic carbocycles. The van der Waals surface area contributed by atoms with E-state index in [9.17, 15) is 9.65 Å². The van der Waals surface area contributed by atoms with Crippen LogP contribution in [0.15, 0.2) is 36.5 Å². The normalized spacial score (nSPS) is 15.8. The van der Waals surface area contributed by atoms with Gasteiger partial charge in [0.1, 0.15) is 16.6 Å². The van der Waals surface area contributed by atoms with Gasteiger partial charge in [-0.3, -0.25) is 0 Å². The molecule has 31 heavy (non-hydrogen) atoms.